The summed E-state index contributed by atoms with van der Waals surface area (Å²) in [6.07, 6.45) is 1.05. The Morgan fingerprint density at radius 2 is 1.90 bits per heavy atom. The van der Waals surface area contributed by atoms with Gasteiger partial charge in [0.05, 0.1) is 18.4 Å². The topological polar surface area (TPSA) is 55.4 Å². The largest absolute Gasteiger partial charge is 0.496 e. The van der Waals surface area contributed by atoms with Crippen molar-refractivity contribution >= 4 is 27.3 Å². The van der Waals surface area contributed by atoms with Crippen molar-refractivity contribution in [1.82, 2.24) is 0 Å². The molecule has 0 saturated carbocycles. The normalized spacial score (nSPS) is 11.2. The predicted molar refractivity (Wildman–Crippen MR) is 81.9 cm³/mol. The van der Waals surface area contributed by atoms with Crippen LogP contribution in [0, 0.1) is 5.82 Å². The quantitative estimate of drug-likeness (QED) is 0.933. The third kappa shape index (κ3) is 3.86. The molecule has 0 amide bonds. The summed E-state index contributed by atoms with van der Waals surface area (Å²) in [4.78, 5) is 0. The zero-order valence-corrected chi connectivity index (χ0v) is 12.9. The zero-order valence-electron chi connectivity index (χ0n) is 11.4. The fraction of sp³-hybridized carbons (Fsp3) is 0.143. The van der Waals surface area contributed by atoms with E-state index in [0.717, 1.165) is 6.26 Å². The molecule has 0 aliphatic rings. The van der Waals surface area contributed by atoms with E-state index in [0.29, 0.717) is 22.6 Å². The molecule has 2 aromatic carbocycles. The average molecular weight is 330 g/mol. The lowest BCUT2D eigenvalue weighted by Crippen LogP contribution is -2.09. The fourth-order valence-corrected chi connectivity index (χ4v) is 2.55. The van der Waals surface area contributed by atoms with E-state index in [1.54, 1.807) is 24.3 Å². The van der Waals surface area contributed by atoms with Gasteiger partial charge in [0.1, 0.15) is 11.6 Å². The maximum Gasteiger partial charge on any atom is 0.229 e. The fourth-order valence-electron chi connectivity index (χ4n) is 1.87. The van der Waals surface area contributed by atoms with Crippen LogP contribution in [0.3, 0.4) is 0 Å². The van der Waals surface area contributed by atoms with Gasteiger partial charge in [0.15, 0.2) is 0 Å². The van der Waals surface area contributed by atoms with Gasteiger partial charge in [-0.25, -0.2) is 12.8 Å². The maximum atomic E-state index is 13.6. The standard InChI is InChI=1S/C14H13ClFNO3S/c1-20-14-6-4-10(17-21(2,18)19)8-11(14)9-3-5-12(15)13(16)7-9/h3-8,17H,1-2H3. The number of methoxy groups -OCH3 is 1. The Kier molecular flexibility index (Phi) is 4.39. The summed E-state index contributed by atoms with van der Waals surface area (Å²) in [6.45, 7) is 0. The molecule has 0 heterocycles. The Labute approximate surface area is 127 Å². The first-order chi connectivity index (χ1) is 9.80. The summed E-state index contributed by atoms with van der Waals surface area (Å²) in [6, 6.07) is 9.08. The van der Waals surface area contributed by atoms with E-state index in [-0.39, 0.29) is 5.02 Å². The van der Waals surface area contributed by atoms with Crippen LogP contribution in [0.1, 0.15) is 0 Å². The van der Waals surface area contributed by atoms with E-state index in [9.17, 15) is 12.8 Å². The van der Waals surface area contributed by atoms with Crippen LogP contribution in [0.15, 0.2) is 36.4 Å². The Bertz CT molecular complexity index is 778. The number of sulfonamides is 1. The van der Waals surface area contributed by atoms with Crippen molar-refractivity contribution in [1.29, 1.82) is 0 Å². The summed E-state index contributed by atoms with van der Waals surface area (Å²) < 4.78 is 43.7. The SMILES string of the molecule is COc1ccc(NS(C)(=O)=O)cc1-c1ccc(Cl)c(F)c1. The summed E-state index contributed by atoms with van der Waals surface area (Å²) in [7, 11) is -1.92. The average Bonchev–Trinajstić information content (AvgIpc) is 2.40. The van der Waals surface area contributed by atoms with Crippen LogP contribution in [0.4, 0.5) is 10.1 Å². The summed E-state index contributed by atoms with van der Waals surface area (Å²) in [5.41, 5.74) is 1.45. The van der Waals surface area contributed by atoms with Gasteiger partial charge in [-0.1, -0.05) is 17.7 Å². The number of halogens is 2. The van der Waals surface area contributed by atoms with Crippen molar-refractivity contribution in [2.24, 2.45) is 0 Å². The van der Waals surface area contributed by atoms with E-state index in [1.165, 1.54) is 19.2 Å². The second-order valence-electron chi connectivity index (χ2n) is 4.42. The highest BCUT2D eigenvalue weighted by atomic mass is 35.5. The third-order valence-electron chi connectivity index (χ3n) is 2.73. The molecule has 0 unspecified atom stereocenters. The summed E-state index contributed by atoms with van der Waals surface area (Å²) in [5.74, 6) is -0.0616. The molecule has 7 heteroatoms. The molecule has 0 aliphatic carbocycles. The van der Waals surface area contributed by atoms with Crippen molar-refractivity contribution in [3.05, 3.63) is 47.2 Å². The van der Waals surface area contributed by atoms with Gasteiger partial charge >= 0.3 is 0 Å². The molecular weight excluding hydrogens is 317 g/mol. The Hall–Kier alpha value is -1.79. The molecule has 0 bridgehead atoms. The molecule has 0 fully saturated rings. The third-order valence-corrected chi connectivity index (χ3v) is 3.65. The Morgan fingerprint density at radius 1 is 1.19 bits per heavy atom. The van der Waals surface area contributed by atoms with Crippen molar-refractivity contribution < 1.29 is 17.5 Å². The number of hydrogen-bond donors (Lipinski definition) is 1. The number of rotatable bonds is 4. The number of nitrogens with one attached hydrogen (secondary N) is 1. The van der Waals surface area contributed by atoms with Gasteiger partial charge < -0.3 is 4.74 Å². The molecular formula is C14H13ClFNO3S. The van der Waals surface area contributed by atoms with E-state index in [2.05, 4.69) is 4.72 Å². The summed E-state index contributed by atoms with van der Waals surface area (Å²) >= 11 is 5.66. The van der Waals surface area contributed by atoms with Gasteiger partial charge in [0.2, 0.25) is 10.0 Å². The molecule has 21 heavy (non-hydrogen) atoms. The molecule has 0 aliphatic heterocycles. The van der Waals surface area contributed by atoms with E-state index < -0.39 is 15.8 Å². The van der Waals surface area contributed by atoms with Crippen LogP contribution < -0.4 is 9.46 Å². The van der Waals surface area contributed by atoms with Crippen molar-refractivity contribution in [2.75, 3.05) is 18.1 Å². The first-order valence-corrected chi connectivity index (χ1v) is 8.18. The van der Waals surface area contributed by atoms with Gasteiger partial charge in [-0.3, -0.25) is 4.72 Å². The Balaban J connectivity index is 2.54. The minimum Gasteiger partial charge on any atom is -0.496 e. The number of hydrogen-bond acceptors (Lipinski definition) is 3. The van der Waals surface area contributed by atoms with Crippen LogP contribution in [-0.4, -0.2) is 21.8 Å². The highest BCUT2D eigenvalue weighted by Crippen LogP contribution is 2.34. The van der Waals surface area contributed by atoms with E-state index in [4.69, 9.17) is 16.3 Å². The highest BCUT2D eigenvalue weighted by molar-refractivity contribution is 7.92. The molecule has 4 nitrogen and oxygen atoms in total. The molecule has 112 valence electrons. The van der Waals surface area contributed by atoms with Crippen LogP contribution >= 0.6 is 11.6 Å². The van der Waals surface area contributed by atoms with Crippen molar-refractivity contribution in [3.8, 4) is 16.9 Å². The smallest absolute Gasteiger partial charge is 0.229 e. The molecule has 0 spiro atoms. The maximum absolute atomic E-state index is 13.6. The molecule has 0 radical (unpaired) electrons. The minimum atomic E-state index is -3.40. The Morgan fingerprint density at radius 3 is 2.48 bits per heavy atom. The van der Waals surface area contributed by atoms with E-state index in [1.807, 2.05) is 0 Å². The number of benzene rings is 2. The second-order valence-corrected chi connectivity index (χ2v) is 6.57. The molecule has 0 aromatic heterocycles. The monoisotopic (exact) mass is 329 g/mol. The van der Waals surface area contributed by atoms with Gasteiger partial charge in [0.25, 0.3) is 0 Å². The van der Waals surface area contributed by atoms with Gasteiger partial charge in [-0.2, -0.15) is 0 Å². The second kappa shape index (κ2) is 5.91. The summed E-state index contributed by atoms with van der Waals surface area (Å²) in [5, 5.41) is 0.0168. The van der Waals surface area contributed by atoms with Crippen molar-refractivity contribution in [2.45, 2.75) is 0 Å². The van der Waals surface area contributed by atoms with Crippen LogP contribution in [-0.2, 0) is 10.0 Å². The minimum absolute atomic E-state index is 0.0168. The van der Waals surface area contributed by atoms with Gasteiger partial charge in [-0.15, -0.1) is 0 Å². The van der Waals surface area contributed by atoms with Crippen LogP contribution in [0.5, 0.6) is 5.75 Å². The molecule has 0 saturated heterocycles. The predicted octanol–water partition coefficient (Wildman–Crippen LogP) is 3.53. The lowest BCUT2D eigenvalue weighted by atomic mass is 10.0. The van der Waals surface area contributed by atoms with Crippen LogP contribution in [0.2, 0.25) is 5.02 Å². The molecule has 2 rings (SSSR count). The van der Waals surface area contributed by atoms with Crippen molar-refractivity contribution in [3.63, 3.8) is 0 Å². The zero-order chi connectivity index (χ0) is 15.6. The number of anilines is 1. The lowest BCUT2D eigenvalue weighted by molar-refractivity contribution is 0.416. The number of ether oxygens (including phenoxy) is 1. The first kappa shape index (κ1) is 15.6. The van der Waals surface area contributed by atoms with Gasteiger partial charge in [0, 0.05) is 11.3 Å². The highest BCUT2D eigenvalue weighted by Gasteiger charge is 2.11. The van der Waals surface area contributed by atoms with Gasteiger partial charge in [-0.05, 0) is 35.9 Å². The van der Waals surface area contributed by atoms with Crippen LogP contribution in [0.25, 0.3) is 11.1 Å². The molecule has 1 N–H and O–H groups in total. The molecule has 0 atom stereocenters. The lowest BCUT2D eigenvalue weighted by Gasteiger charge is -2.12. The van der Waals surface area contributed by atoms with E-state index >= 15 is 0 Å². The molecule has 2 aromatic rings. The first-order valence-electron chi connectivity index (χ1n) is 5.91.